The molecule has 19 heavy (non-hydrogen) atoms. The first-order chi connectivity index (χ1) is 9.06. The van der Waals surface area contributed by atoms with Gasteiger partial charge in [-0.25, -0.2) is 0 Å². The number of aliphatic hydroxyl groups excluding tert-OH is 1. The van der Waals surface area contributed by atoms with Crippen molar-refractivity contribution in [2.24, 2.45) is 5.73 Å². The smallest absolute Gasteiger partial charge is 0.251 e. The summed E-state index contributed by atoms with van der Waals surface area (Å²) in [5.41, 5.74) is 3.33. The standard InChI is InChI=1S/C15H31NO3/c1-2-3-4-5-6-7-8-9-10-11-12-15(19,13-17)14(16)18/h17,19H,2-13H2,1H3,(H2,16,18). The second-order valence-electron chi connectivity index (χ2n) is 5.49. The van der Waals surface area contributed by atoms with Crippen LogP contribution in [0.2, 0.25) is 0 Å². The van der Waals surface area contributed by atoms with E-state index in [0.717, 1.165) is 19.3 Å². The van der Waals surface area contributed by atoms with Gasteiger partial charge in [-0.05, 0) is 12.8 Å². The van der Waals surface area contributed by atoms with Crippen LogP contribution >= 0.6 is 0 Å². The quantitative estimate of drug-likeness (QED) is 0.451. The maximum Gasteiger partial charge on any atom is 0.251 e. The minimum Gasteiger partial charge on any atom is -0.393 e. The third kappa shape index (κ3) is 9.00. The Morgan fingerprint density at radius 1 is 0.947 bits per heavy atom. The second kappa shape index (κ2) is 11.2. The van der Waals surface area contributed by atoms with Crippen LogP contribution in [-0.2, 0) is 4.79 Å². The monoisotopic (exact) mass is 273 g/mol. The van der Waals surface area contributed by atoms with Crippen molar-refractivity contribution in [2.75, 3.05) is 6.61 Å². The van der Waals surface area contributed by atoms with Crippen LogP contribution in [0.4, 0.5) is 0 Å². The van der Waals surface area contributed by atoms with Crippen LogP contribution in [0.3, 0.4) is 0 Å². The summed E-state index contributed by atoms with van der Waals surface area (Å²) in [5.74, 6) is -0.828. The van der Waals surface area contributed by atoms with Gasteiger partial charge in [0.25, 0.3) is 5.91 Å². The fourth-order valence-corrected chi connectivity index (χ4v) is 2.19. The van der Waals surface area contributed by atoms with Crippen molar-refractivity contribution in [2.45, 2.75) is 83.2 Å². The van der Waals surface area contributed by atoms with E-state index in [1.54, 1.807) is 0 Å². The molecular weight excluding hydrogens is 242 g/mol. The third-order valence-electron chi connectivity index (χ3n) is 3.66. The molecule has 4 heteroatoms. The molecule has 0 aromatic heterocycles. The van der Waals surface area contributed by atoms with Gasteiger partial charge in [0.1, 0.15) is 0 Å². The number of aliphatic hydroxyl groups is 2. The SMILES string of the molecule is CCCCCCCCCCCCC(O)(CO)C(N)=O. The van der Waals surface area contributed by atoms with Gasteiger partial charge in [0.05, 0.1) is 6.61 Å². The lowest BCUT2D eigenvalue weighted by molar-refractivity contribution is -0.141. The number of hydrogen-bond donors (Lipinski definition) is 3. The Balaban J connectivity index is 3.38. The summed E-state index contributed by atoms with van der Waals surface area (Å²) in [6.45, 7) is 1.64. The number of rotatable bonds is 13. The molecule has 1 amide bonds. The van der Waals surface area contributed by atoms with Crippen molar-refractivity contribution in [3.8, 4) is 0 Å². The van der Waals surface area contributed by atoms with E-state index in [9.17, 15) is 9.90 Å². The Morgan fingerprint density at radius 3 is 1.74 bits per heavy atom. The van der Waals surface area contributed by atoms with Crippen molar-refractivity contribution in [3.05, 3.63) is 0 Å². The van der Waals surface area contributed by atoms with Gasteiger partial charge >= 0.3 is 0 Å². The van der Waals surface area contributed by atoms with E-state index in [1.807, 2.05) is 0 Å². The van der Waals surface area contributed by atoms with Crippen molar-refractivity contribution in [3.63, 3.8) is 0 Å². The van der Waals surface area contributed by atoms with Crippen molar-refractivity contribution in [1.82, 2.24) is 0 Å². The molecule has 0 fully saturated rings. The van der Waals surface area contributed by atoms with Crippen molar-refractivity contribution < 1.29 is 15.0 Å². The molecule has 4 N–H and O–H groups in total. The van der Waals surface area contributed by atoms with Crippen LogP contribution in [0.25, 0.3) is 0 Å². The number of amides is 1. The van der Waals surface area contributed by atoms with Gasteiger partial charge in [-0.1, -0.05) is 64.7 Å². The molecule has 0 rings (SSSR count). The highest BCUT2D eigenvalue weighted by Crippen LogP contribution is 2.16. The molecule has 0 saturated carbocycles. The minimum atomic E-state index is -1.72. The Morgan fingerprint density at radius 2 is 1.37 bits per heavy atom. The summed E-state index contributed by atoms with van der Waals surface area (Å²) in [7, 11) is 0. The Hall–Kier alpha value is -0.610. The normalized spacial score (nSPS) is 14.3. The fourth-order valence-electron chi connectivity index (χ4n) is 2.19. The van der Waals surface area contributed by atoms with E-state index in [4.69, 9.17) is 10.8 Å². The Bertz CT molecular complexity index is 233. The first kappa shape index (κ1) is 18.4. The van der Waals surface area contributed by atoms with Crippen molar-refractivity contribution in [1.29, 1.82) is 0 Å². The molecule has 0 aliphatic heterocycles. The van der Waals surface area contributed by atoms with E-state index in [1.165, 1.54) is 44.9 Å². The lowest BCUT2D eigenvalue weighted by Crippen LogP contribution is -2.46. The van der Waals surface area contributed by atoms with E-state index in [2.05, 4.69) is 6.92 Å². The number of unbranched alkanes of at least 4 members (excludes halogenated alkanes) is 9. The van der Waals surface area contributed by atoms with Crippen LogP contribution in [0.5, 0.6) is 0 Å². The van der Waals surface area contributed by atoms with Gasteiger partial charge in [0, 0.05) is 0 Å². The van der Waals surface area contributed by atoms with E-state index in [-0.39, 0.29) is 6.42 Å². The first-order valence-corrected chi connectivity index (χ1v) is 7.70. The average Bonchev–Trinajstić information content (AvgIpc) is 2.40. The van der Waals surface area contributed by atoms with Crippen LogP contribution in [0.1, 0.15) is 77.6 Å². The summed E-state index contributed by atoms with van der Waals surface area (Å²) in [6, 6.07) is 0. The van der Waals surface area contributed by atoms with Crippen LogP contribution in [0, 0.1) is 0 Å². The highest BCUT2D eigenvalue weighted by molar-refractivity contribution is 5.83. The predicted octanol–water partition coefficient (Wildman–Crippen LogP) is 2.51. The summed E-state index contributed by atoms with van der Waals surface area (Å²) in [5, 5.41) is 18.6. The van der Waals surface area contributed by atoms with E-state index in [0.29, 0.717) is 0 Å². The van der Waals surface area contributed by atoms with Gasteiger partial charge in [-0.2, -0.15) is 0 Å². The Labute approximate surface area is 117 Å². The zero-order valence-corrected chi connectivity index (χ0v) is 12.4. The minimum absolute atomic E-state index is 0.259. The molecular formula is C15H31NO3. The summed E-state index contributed by atoms with van der Waals surface area (Å²) in [6.07, 6.45) is 12.2. The molecule has 114 valence electrons. The second-order valence-corrected chi connectivity index (χ2v) is 5.49. The molecule has 1 unspecified atom stereocenters. The van der Waals surface area contributed by atoms with Gasteiger partial charge in [-0.3, -0.25) is 4.79 Å². The van der Waals surface area contributed by atoms with E-state index >= 15 is 0 Å². The van der Waals surface area contributed by atoms with Gasteiger partial charge in [-0.15, -0.1) is 0 Å². The fraction of sp³-hybridized carbons (Fsp3) is 0.933. The molecule has 4 nitrogen and oxygen atoms in total. The summed E-state index contributed by atoms with van der Waals surface area (Å²) in [4.78, 5) is 11.0. The van der Waals surface area contributed by atoms with Gasteiger partial charge in [0.2, 0.25) is 0 Å². The maximum absolute atomic E-state index is 11.0. The molecule has 1 atom stereocenters. The zero-order chi connectivity index (χ0) is 14.6. The molecule has 0 aromatic rings. The largest absolute Gasteiger partial charge is 0.393 e. The molecule has 0 aromatic carbocycles. The van der Waals surface area contributed by atoms with Crippen LogP contribution < -0.4 is 5.73 Å². The van der Waals surface area contributed by atoms with Crippen molar-refractivity contribution >= 4 is 5.91 Å². The molecule has 0 aliphatic carbocycles. The molecule has 0 saturated heterocycles. The number of primary amides is 1. The third-order valence-corrected chi connectivity index (χ3v) is 3.66. The number of carbonyl (C=O) groups is 1. The van der Waals surface area contributed by atoms with Gasteiger partial charge in [0.15, 0.2) is 5.60 Å². The zero-order valence-electron chi connectivity index (χ0n) is 12.4. The number of hydrogen-bond acceptors (Lipinski definition) is 3. The first-order valence-electron chi connectivity index (χ1n) is 7.70. The molecule has 0 bridgehead atoms. The highest BCUT2D eigenvalue weighted by Gasteiger charge is 2.32. The van der Waals surface area contributed by atoms with Gasteiger partial charge < -0.3 is 15.9 Å². The number of carbonyl (C=O) groups excluding carboxylic acids is 1. The Kier molecular flexibility index (Phi) is 10.9. The molecule has 0 radical (unpaired) electrons. The molecule has 0 heterocycles. The predicted molar refractivity (Wildman–Crippen MR) is 77.7 cm³/mol. The molecule has 0 aliphatic rings. The topological polar surface area (TPSA) is 83.6 Å². The average molecular weight is 273 g/mol. The van der Waals surface area contributed by atoms with Crippen LogP contribution in [0.15, 0.2) is 0 Å². The highest BCUT2D eigenvalue weighted by atomic mass is 16.3. The summed E-state index contributed by atoms with van der Waals surface area (Å²) < 4.78 is 0. The number of nitrogens with two attached hydrogens (primary N) is 1. The lowest BCUT2D eigenvalue weighted by atomic mass is 9.95. The molecule has 0 spiro atoms. The van der Waals surface area contributed by atoms with Crippen LogP contribution in [-0.4, -0.2) is 28.3 Å². The van der Waals surface area contributed by atoms with E-state index < -0.39 is 18.1 Å². The lowest BCUT2D eigenvalue weighted by Gasteiger charge is -2.21. The maximum atomic E-state index is 11.0. The summed E-state index contributed by atoms with van der Waals surface area (Å²) >= 11 is 0.